The summed E-state index contributed by atoms with van der Waals surface area (Å²) in [6.45, 7) is 4.43. The maximum Gasteiger partial charge on any atom is 0.338 e. The highest BCUT2D eigenvalue weighted by molar-refractivity contribution is 7.89. The van der Waals surface area contributed by atoms with Gasteiger partial charge in [-0.15, -0.1) is 0 Å². The van der Waals surface area contributed by atoms with Crippen LogP contribution in [0.5, 0.6) is 0 Å². The molecule has 0 aliphatic heterocycles. The Morgan fingerprint density at radius 3 is 2.38 bits per heavy atom. The Morgan fingerprint density at radius 1 is 1.00 bits per heavy atom. The number of carbonyl (C=O) groups is 1. The van der Waals surface area contributed by atoms with Crippen LogP contribution in [0.25, 0.3) is 11.1 Å². The van der Waals surface area contributed by atoms with Crippen LogP contribution in [0.2, 0.25) is 0 Å². The van der Waals surface area contributed by atoms with Crippen molar-refractivity contribution in [1.29, 1.82) is 0 Å². The quantitative estimate of drug-likeness (QED) is 0.591. The first-order valence-electron chi connectivity index (χ1n) is 9.52. The van der Waals surface area contributed by atoms with E-state index in [4.69, 9.17) is 4.74 Å². The van der Waals surface area contributed by atoms with Crippen LogP contribution in [-0.2, 0) is 21.2 Å². The van der Waals surface area contributed by atoms with E-state index in [1.807, 2.05) is 24.3 Å². The number of hydrogen-bond acceptors (Lipinski definition) is 4. The molecule has 2 aliphatic rings. The van der Waals surface area contributed by atoms with Gasteiger partial charge in [-0.1, -0.05) is 56.3 Å². The Labute approximate surface area is 172 Å². The molecule has 1 aromatic rings. The van der Waals surface area contributed by atoms with E-state index >= 15 is 0 Å². The Kier molecular flexibility index (Phi) is 6.35. The van der Waals surface area contributed by atoms with Crippen molar-refractivity contribution >= 4 is 16.0 Å². The fraction of sp³-hybridized carbons (Fsp3) is 0.261. The summed E-state index contributed by atoms with van der Waals surface area (Å²) in [6.07, 6.45) is 0.459. The van der Waals surface area contributed by atoms with Crippen LogP contribution in [0.3, 0.4) is 0 Å². The van der Waals surface area contributed by atoms with Crippen molar-refractivity contribution in [2.24, 2.45) is 0 Å². The number of hydrogen-bond donors (Lipinski definition) is 1. The predicted octanol–water partition coefficient (Wildman–Crippen LogP) is 4.22. The summed E-state index contributed by atoms with van der Waals surface area (Å²) < 4.78 is 32.4. The SMILES string of the molecule is COC(=O)c1cc(CCNS(=O)(=O)c2ccccc2)c2cccc(C(C)C)cc1-2. The molecule has 152 valence electrons. The summed E-state index contributed by atoms with van der Waals surface area (Å²) >= 11 is 0. The van der Waals surface area contributed by atoms with Gasteiger partial charge < -0.3 is 4.74 Å². The predicted molar refractivity (Wildman–Crippen MR) is 114 cm³/mol. The molecule has 0 aromatic heterocycles. The average molecular weight is 412 g/mol. The molecule has 1 N–H and O–H groups in total. The van der Waals surface area contributed by atoms with Gasteiger partial charge >= 0.3 is 5.97 Å². The molecule has 0 atom stereocenters. The van der Waals surface area contributed by atoms with E-state index in [9.17, 15) is 13.2 Å². The van der Waals surface area contributed by atoms with Gasteiger partial charge in [-0.3, -0.25) is 0 Å². The first kappa shape index (κ1) is 21.0. The molecule has 5 nitrogen and oxygen atoms in total. The molecule has 0 saturated heterocycles. The number of sulfonamides is 1. The van der Waals surface area contributed by atoms with Crippen LogP contribution >= 0.6 is 0 Å². The van der Waals surface area contributed by atoms with Crippen LogP contribution in [0.1, 0.15) is 41.3 Å². The summed E-state index contributed by atoms with van der Waals surface area (Å²) in [5.74, 6) is -0.0841. The smallest absolute Gasteiger partial charge is 0.338 e. The van der Waals surface area contributed by atoms with Crippen LogP contribution in [0, 0.1) is 0 Å². The number of nitrogens with one attached hydrogen (secondary N) is 1. The zero-order valence-electron chi connectivity index (χ0n) is 16.8. The normalized spacial score (nSPS) is 11.7. The molecule has 3 rings (SSSR count). The van der Waals surface area contributed by atoms with E-state index < -0.39 is 16.0 Å². The summed E-state index contributed by atoms with van der Waals surface area (Å²) in [5.41, 5.74) is 4.28. The number of benzene rings is 1. The highest BCUT2D eigenvalue weighted by atomic mass is 32.2. The second-order valence-corrected chi connectivity index (χ2v) is 8.95. The van der Waals surface area contributed by atoms with Gasteiger partial charge in [-0.2, -0.15) is 0 Å². The van der Waals surface area contributed by atoms with Crippen molar-refractivity contribution < 1.29 is 17.9 Å². The zero-order valence-corrected chi connectivity index (χ0v) is 17.6. The molecule has 0 heterocycles. The van der Waals surface area contributed by atoms with Crippen LogP contribution in [-0.4, -0.2) is 28.0 Å². The van der Waals surface area contributed by atoms with Crippen LogP contribution in [0.15, 0.2) is 65.6 Å². The number of carbonyl (C=O) groups excluding carboxylic acids is 1. The minimum absolute atomic E-state index is 0.229. The molecule has 0 fully saturated rings. The summed E-state index contributed by atoms with van der Waals surface area (Å²) in [5, 5.41) is 0. The third kappa shape index (κ3) is 4.66. The maximum atomic E-state index is 12.4. The minimum atomic E-state index is -3.57. The van der Waals surface area contributed by atoms with Gasteiger partial charge in [0.25, 0.3) is 0 Å². The van der Waals surface area contributed by atoms with E-state index in [0.717, 1.165) is 22.3 Å². The Hall–Kier alpha value is -2.70. The number of rotatable bonds is 7. The Balaban J connectivity index is 1.88. The van der Waals surface area contributed by atoms with Crippen molar-refractivity contribution in [2.45, 2.75) is 31.1 Å². The van der Waals surface area contributed by atoms with E-state index in [0.29, 0.717) is 17.9 Å². The summed E-state index contributed by atoms with van der Waals surface area (Å²) in [4.78, 5) is 12.5. The highest BCUT2D eigenvalue weighted by Crippen LogP contribution is 2.34. The van der Waals surface area contributed by atoms with Gasteiger partial charge in [-0.05, 0) is 52.8 Å². The standard InChI is InChI=1S/C23H25NO4S/c1-16(2)17-8-7-11-20-18(15-22(21(20)14-17)23(25)28-3)12-13-24-29(26,27)19-9-5-4-6-10-19/h4-11,14-16,24H,12-13H2,1-3H3. The third-order valence-corrected chi connectivity index (χ3v) is 6.40. The minimum Gasteiger partial charge on any atom is -0.465 e. The van der Waals surface area contributed by atoms with E-state index in [1.54, 1.807) is 36.4 Å². The lowest BCUT2D eigenvalue weighted by molar-refractivity contribution is 0.0602. The Bertz CT molecular complexity index is 1080. The molecular weight excluding hydrogens is 386 g/mol. The average Bonchev–Trinajstić information content (AvgIpc) is 2.89. The molecule has 2 aliphatic carbocycles. The monoisotopic (exact) mass is 411 g/mol. The molecule has 1 aromatic carbocycles. The van der Waals surface area contributed by atoms with Gasteiger partial charge in [0.05, 0.1) is 17.6 Å². The van der Waals surface area contributed by atoms with Crippen molar-refractivity contribution in [3.05, 3.63) is 77.4 Å². The van der Waals surface area contributed by atoms with Gasteiger partial charge in [0.1, 0.15) is 0 Å². The fourth-order valence-corrected chi connectivity index (χ4v) is 4.37. The largest absolute Gasteiger partial charge is 0.465 e. The van der Waals surface area contributed by atoms with Gasteiger partial charge in [0.15, 0.2) is 0 Å². The van der Waals surface area contributed by atoms with Crippen molar-refractivity contribution in [2.75, 3.05) is 13.7 Å². The lowest BCUT2D eigenvalue weighted by atomic mass is 10.0. The first-order chi connectivity index (χ1) is 13.8. The lowest BCUT2D eigenvalue weighted by Crippen LogP contribution is -2.25. The molecule has 0 spiro atoms. The first-order valence-corrected chi connectivity index (χ1v) is 11.0. The lowest BCUT2D eigenvalue weighted by Gasteiger charge is -2.07. The van der Waals surface area contributed by atoms with Gasteiger partial charge in [0.2, 0.25) is 10.0 Å². The number of ether oxygens (including phenoxy) is 1. The number of methoxy groups -OCH3 is 1. The molecule has 6 heteroatoms. The Morgan fingerprint density at radius 2 is 1.72 bits per heavy atom. The third-order valence-electron chi connectivity index (χ3n) is 4.92. The summed E-state index contributed by atoms with van der Waals surface area (Å²) in [6, 6.07) is 18.1. The number of fused-ring (bicyclic) bond motifs is 1. The van der Waals surface area contributed by atoms with Crippen LogP contribution in [0.4, 0.5) is 0 Å². The maximum absolute atomic E-state index is 12.4. The summed E-state index contributed by atoms with van der Waals surface area (Å²) in [7, 11) is -2.21. The van der Waals surface area contributed by atoms with E-state index in [1.165, 1.54) is 7.11 Å². The van der Waals surface area contributed by atoms with Crippen LogP contribution < -0.4 is 4.72 Å². The van der Waals surface area contributed by atoms with E-state index in [-0.39, 0.29) is 11.4 Å². The van der Waals surface area contributed by atoms with Crippen molar-refractivity contribution in [3.8, 4) is 11.1 Å². The van der Waals surface area contributed by atoms with Gasteiger partial charge in [-0.25, -0.2) is 17.9 Å². The molecule has 29 heavy (non-hydrogen) atoms. The topological polar surface area (TPSA) is 72.5 Å². The van der Waals surface area contributed by atoms with E-state index in [2.05, 4.69) is 18.6 Å². The fourth-order valence-electron chi connectivity index (χ4n) is 3.32. The molecule has 0 amide bonds. The number of esters is 1. The molecule has 0 bridgehead atoms. The molecule has 0 unspecified atom stereocenters. The zero-order chi connectivity index (χ0) is 21.0. The molecule has 0 saturated carbocycles. The molecular formula is C23H25NO4S. The second-order valence-electron chi connectivity index (χ2n) is 7.19. The highest BCUT2D eigenvalue weighted by Gasteiger charge is 2.22. The van der Waals surface area contributed by atoms with Gasteiger partial charge in [0, 0.05) is 6.54 Å². The van der Waals surface area contributed by atoms with Crippen molar-refractivity contribution in [1.82, 2.24) is 4.72 Å². The van der Waals surface area contributed by atoms with Crippen molar-refractivity contribution in [3.63, 3.8) is 0 Å². The molecule has 0 radical (unpaired) electrons. The second kappa shape index (κ2) is 8.76.